The minimum Gasteiger partial charge on any atom is -0.381 e. The number of rotatable bonds is 6. The van der Waals surface area contributed by atoms with Gasteiger partial charge in [-0.05, 0) is 35.7 Å². The Balaban J connectivity index is 2.05. The van der Waals surface area contributed by atoms with E-state index in [2.05, 4.69) is 10.6 Å². The summed E-state index contributed by atoms with van der Waals surface area (Å²) >= 11 is 0. The van der Waals surface area contributed by atoms with E-state index in [-0.39, 0.29) is 23.9 Å². The van der Waals surface area contributed by atoms with Gasteiger partial charge in [-0.2, -0.15) is 13.2 Å². The van der Waals surface area contributed by atoms with E-state index in [1.54, 1.807) is 30.3 Å². The minimum atomic E-state index is -4.38. The highest BCUT2D eigenvalue weighted by Gasteiger charge is 2.32. The molecule has 0 aromatic heterocycles. The fourth-order valence-corrected chi connectivity index (χ4v) is 2.44. The molecular weight excluding hydrogens is 329 g/mol. The molecule has 1 amide bonds. The highest BCUT2D eigenvalue weighted by molar-refractivity contribution is 5.91. The molecule has 0 aliphatic heterocycles. The van der Waals surface area contributed by atoms with Gasteiger partial charge in [0.2, 0.25) is 5.91 Å². The molecule has 2 rings (SSSR count). The molecule has 0 bridgehead atoms. The molecular formula is C19H21F3N2O. The third-order valence-electron chi connectivity index (χ3n) is 3.55. The van der Waals surface area contributed by atoms with Gasteiger partial charge in [-0.1, -0.05) is 38.1 Å². The molecule has 0 atom stereocenters. The number of alkyl halides is 3. The maximum absolute atomic E-state index is 13.0. The molecule has 0 aliphatic carbocycles. The molecule has 0 saturated carbocycles. The predicted molar refractivity (Wildman–Crippen MR) is 93.3 cm³/mol. The second-order valence-electron chi connectivity index (χ2n) is 6.24. The van der Waals surface area contributed by atoms with E-state index >= 15 is 0 Å². The van der Waals surface area contributed by atoms with Crippen LogP contribution in [0.15, 0.2) is 48.5 Å². The van der Waals surface area contributed by atoms with Crippen molar-refractivity contribution >= 4 is 17.3 Å². The molecule has 2 aromatic rings. The van der Waals surface area contributed by atoms with Crippen LogP contribution in [0.4, 0.5) is 24.5 Å². The van der Waals surface area contributed by atoms with Crippen LogP contribution < -0.4 is 10.6 Å². The Labute approximate surface area is 145 Å². The molecule has 0 aliphatic rings. The highest BCUT2D eigenvalue weighted by Crippen LogP contribution is 2.32. The van der Waals surface area contributed by atoms with Crippen LogP contribution in [0.5, 0.6) is 0 Å². The molecule has 0 saturated heterocycles. The fraction of sp³-hybridized carbons (Fsp3) is 0.316. The average Bonchev–Trinajstić information content (AvgIpc) is 2.52. The van der Waals surface area contributed by atoms with Crippen molar-refractivity contribution in [1.82, 2.24) is 0 Å². The summed E-state index contributed by atoms with van der Waals surface area (Å²) in [5, 5.41) is 5.77. The van der Waals surface area contributed by atoms with Gasteiger partial charge < -0.3 is 10.6 Å². The van der Waals surface area contributed by atoms with Crippen molar-refractivity contribution in [1.29, 1.82) is 0 Å². The zero-order chi connectivity index (χ0) is 18.4. The summed E-state index contributed by atoms with van der Waals surface area (Å²) < 4.78 is 39.0. The van der Waals surface area contributed by atoms with E-state index in [0.717, 1.165) is 6.07 Å². The van der Waals surface area contributed by atoms with Crippen molar-refractivity contribution in [2.45, 2.75) is 33.0 Å². The molecule has 3 nitrogen and oxygen atoms in total. The number of hydrogen-bond acceptors (Lipinski definition) is 2. The molecule has 2 N–H and O–H groups in total. The monoisotopic (exact) mass is 350 g/mol. The Morgan fingerprint density at radius 1 is 1.04 bits per heavy atom. The Bertz CT molecular complexity index is 727. The normalized spacial score (nSPS) is 11.4. The van der Waals surface area contributed by atoms with Crippen molar-refractivity contribution in [2.24, 2.45) is 5.92 Å². The smallest absolute Gasteiger partial charge is 0.381 e. The van der Waals surface area contributed by atoms with E-state index in [0.29, 0.717) is 17.8 Å². The van der Waals surface area contributed by atoms with E-state index in [4.69, 9.17) is 0 Å². The van der Waals surface area contributed by atoms with Gasteiger partial charge in [0.15, 0.2) is 0 Å². The number of benzene rings is 2. The zero-order valence-corrected chi connectivity index (χ0v) is 14.2. The zero-order valence-electron chi connectivity index (χ0n) is 14.2. The van der Waals surface area contributed by atoms with Gasteiger partial charge in [0.1, 0.15) is 0 Å². The number of amides is 1. The third-order valence-corrected chi connectivity index (χ3v) is 3.55. The van der Waals surface area contributed by atoms with Gasteiger partial charge in [0.25, 0.3) is 0 Å². The van der Waals surface area contributed by atoms with Gasteiger partial charge in [0, 0.05) is 24.3 Å². The summed E-state index contributed by atoms with van der Waals surface area (Å²) in [5.41, 5.74) is 0.771. The van der Waals surface area contributed by atoms with Gasteiger partial charge in [-0.15, -0.1) is 0 Å². The summed E-state index contributed by atoms with van der Waals surface area (Å²) in [6, 6.07) is 12.4. The van der Waals surface area contributed by atoms with Crippen LogP contribution in [0, 0.1) is 5.92 Å². The maximum atomic E-state index is 13.0. The standard InChI is InChI=1S/C19H21F3N2O/c1-13(2)10-18(25)24-16-8-5-7-15(11-16)23-12-14-6-3-4-9-17(14)19(20,21)22/h3-9,11,13,23H,10,12H2,1-2H3,(H,24,25). The SMILES string of the molecule is CC(C)CC(=O)Nc1cccc(NCc2ccccc2C(F)(F)F)c1. The first-order valence-electron chi connectivity index (χ1n) is 8.04. The van der Waals surface area contributed by atoms with Crippen LogP contribution in [0.3, 0.4) is 0 Å². The molecule has 6 heteroatoms. The first-order chi connectivity index (χ1) is 11.8. The lowest BCUT2D eigenvalue weighted by molar-refractivity contribution is -0.138. The molecule has 0 spiro atoms. The lowest BCUT2D eigenvalue weighted by Crippen LogP contribution is -2.14. The van der Waals surface area contributed by atoms with Crippen LogP contribution in [0.25, 0.3) is 0 Å². The van der Waals surface area contributed by atoms with Crippen LogP contribution in [-0.4, -0.2) is 5.91 Å². The molecule has 0 fully saturated rings. The van der Waals surface area contributed by atoms with Crippen LogP contribution >= 0.6 is 0 Å². The number of carbonyl (C=O) groups excluding carboxylic acids is 1. The molecule has 0 unspecified atom stereocenters. The molecule has 0 heterocycles. The second kappa shape index (κ2) is 8.05. The number of hydrogen-bond donors (Lipinski definition) is 2. The van der Waals surface area contributed by atoms with Crippen LogP contribution in [0.1, 0.15) is 31.4 Å². The number of nitrogens with one attached hydrogen (secondary N) is 2. The van der Waals surface area contributed by atoms with E-state index < -0.39 is 11.7 Å². The van der Waals surface area contributed by atoms with Crippen molar-refractivity contribution in [2.75, 3.05) is 10.6 Å². The first-order valence-corrected chi connectivity index (χ1v) is 8.04. The Morgan fingerprint density at radius 2 is 1.72 bits per heavy atom. The van der Waals surface area contributed by atoms with Crippen LogP contribution in [0.2, 0.25) is 0 Å². The molecule has 25 heavy (non-hydrogen) atoms. The highest BCUT2D eigenvalue weighted by atomic mass is 19.4. The molecule has 134 valence electrons. The fourth-order valence-electron chi connectivity index (χ4n) is 2.44. The van der Waals surface area contributed by atoms with Crippen LogP contribution in [-0.2, 0) is 17.5 Å². The van der Waals surface area contributed by atoms with Gasteiger partial charge in [0.05, 0.1) is 5.56 Å². The topological polar surface area (TPSA) is 41.1 Å². The minimum absolute atomic E-state index is 0.0408. The van der Waals surface area contributed by atoms with Crippen molar-refractivity contribution in [3.63, 3.8) is 0 Å². The maximum Gasteiger partial charge on any atom is 0.416 e. The Hall–Kier alpha value is -2.50. The summed E-state index contributed by atoms with van der Waals surface area (Å²) in [6.45, 7) is 3.95. The summed E-state index contributed by atoms with van der Waals surface area (Å²) in [5.74, 6) is 0.162. The first kappa shape index (κ1) is 18.8. The van der Waals surface area contributed by atoms with Crippen molar-refractivity contribution in [3.05, 3.63) is 59.7 Å². The lowest BCUT2D eigenvalue weighted by atomic mass is 10.1. The molecule has 2 aromatic carbocycles. The lowest BCUT2D eigenvalue weighted by Gasteiger charge is -2.14. The summed E-state index contributed by atoms with van der Waals surface area (Å²) in [7, 11) is 0. The summed E-state index contributed by atoms with van der Waals surface area (Å²) in [4.78, 5) is 11.8. The van der Waals surface area contributed by atoms with Gasteiger partial charge >= 0.3 is 6.18 Å². The number of carbonyl (C=O) groups is 1. The summed E-state index contributed by atoms with van der Waals surface area (Å²) in [6.07, 6.45) is -3.97. The van der Waals surface area contributed by atoms with Gasteiger partial charge in [-0.25, -0.2) is 0 Å². The number of anilines is 2. The molecule has 0 radical (unpaired) electrons. The van der Waals surface area contributed by atoms with E-state index in [1.165, 1.54) is 12.1 Å². The average molecular weight is 350 g/mol. The van der Waals surface area contributed by atoms with E-state index in [1.807, 2.05) is 13.8 Å². The number of halogens is 3. The quantitative estimate of drug-likeness (QED) is 0.742. The van der Waals surface area contributed by atoms with Crippen molar-refractivity contribution in [3.8, 4) is 0 Å². The van der Waals surface area contributed by atoms with E-state index in [9.17, 15) is 18.0 Å². The third kappa shape index (κ3) is 5.81. The van der Waals surface area contributed by atoms with Crippen molar-refractivity contribution < 1.29 is 18.0 Å². The second-order valence-corrected chi connectivity index (χ2v) is 6.24. The largest absolute Gasteiger partial charge is 0.416 e. The Morgan fingerprint density at radius 3 is 2.40 bits per heavy atom. The Kier molecular flexibility index (Phi) is 6.07. The van der Waals surface area contributed by atoms with Gasteiger partial charge in [-0.3, -0.25) is 4.79 Å². The predicted octanol–water partition coefficient (Wildman–Crippen LogP) is 5.30.